The maximum atomic E-state index is 13.0. The number of hydroxylamine groups is 1. The molecule has 7 heteroatoms. The van der Waals surface area contributed by atoms with E-state index in [0.29, 0.717) is 24.6 Å². The lowest BCUT2D eigenvalue weighted by atomic mass is 9.92. The van der Waals surface area contributed by atoms with Crippen LogP contribution in [0.4, 0.5) is 0 Å². The van der Waals surface area contributed by atoms with Gasteiger partial charge in [-0.15, -0.1) is 0 Å². The first-order chi connectivity index (χ1) is 13.8. The first kappa shape index (κ1) is 22.6. The zero-order valence-electron chi connectivity index (χ0n) is 17.6. The summed E-state index contributed by atoms with van der Waals surface area (Å²) in [6.45, 7) is 8.18. The van der Waals surface area contributed by atoms with E-state index in [4.69, 9.17) is 5.21 Å². The van der Waals surface area contributed by atoms with Gasteiger partial charge in [0.1, 0.15) is 5.82 Å². The number of hydrogen-bond acceptors (Lipinski definition) is 4. The quantitative estimate of drug-likeness (QED) is 0.359. The molecule has 7 nitrogen and oxygen atoms in total. The molecular weight excluding hydrogens is 368 g/mol. The van der Waals surface area contributed by atoms with Crippen LogP contribution >= 0.6 is 0 Å². The Morgan fingerprint density at radius 3 is 2.31 bits per heavy atom. The lowest BCUT2D eigenvalue weighted by Gasteiger charge is -2.23. The second kappa shape index (κ2) is 10.8. The lowest BCUT2D eigenvalue weighted by Crippen LogP contribution is -2.38. The highest BCUT2D eigenvalue weighted by molar-refractivity contribution is 5.85. The Balaban J connectivity index is 2.19. The number of imidazole rings is 1. The summed E-state index contributed by atoms with van der Waals surface area (Å²) in [5, 5.41) is 11.9. The summed E-state index contributed by atoms with van der Waals surface area (Å²) in [4.78, 5) is 32.4. The third kappa shape index (κ3) is 7.02. The molecule has 0 radical (unpaired) electrons. The van der Waals surface area contributed by atoms with Crippen LogP contribution in [0.25, 0.3) is 11.3 Å². The van der Waals surface area contributed by atoms with Gasteiger partial charge in [-0.2, -0.15) is 0 Å². The zero-order valence-corrected chi connectivity index (χ0v) is 17.6. The number of carbonyl (C=O) groups excluding carboxylic acids is 2. The maximum absolute atomic E-state index is 13.0. The monoisotopic (exact) mass is 400 g/mol. The molecule has 158 valence electrons. The van der Waals surface area contributed by atoms with E-state index in [9.17, 15) is 9.59 Å². The average Bonchev–Trinajstić information content (AvgIpc) is 3.17. The molecule has 2 rings (SSSR count). The summed E-state index contributed by atoms with van der Waals surface area (Å²) in [6.07, 6.45) is 2.99. The van der Waals surface area contributed by atoms with Gasteiger partial charge in [-0.05, 0) is 30.2 Å². The highest BCUT2D eigenvalue weighted by Crippen LogP contribution is 2.24. The van der Waals surface area contributed by atoms with Crippen molar-refractivity contribution in [2.45, 2.75) is 53.0 Å². The minimum Gasteiger partial charge on any atom is -0.346 e. The van der Waals surface area contributed by atoms with Gasteiger partial charge in [0.25, 0.3) is 0 Å². The van der Waals surface area contributed by atoms with Crippen LogP contribution in [0.2, 0.25) is 0 Å². The van der Waals surface area contributed by atoms with Crippen molar-refractivity contribution in [3.05, 3.63) is 42.4 Å². The summed E-state index contributed by atoms with van der Waals surface area (Å²) >= 11 is 0. The number of rotatable bonds is 10. The average molecular weight is 401 g/mol. The number of nitrogens with zero attached hydrogens (tertiary/aromatic N) is 1. The van der Waals surface area contributed by atoms with Crippen LogP contribution in [0.1, 0.15) is 58.8 Å². The number of hydrogen-bond donors (Lipinski definition) is 4. The van der Waals surface area contributed by atoms with Gasteiger partial charge in [0.15, 0.2) is 0 Å². The van der Waals surface area contributed by atoms with Crippen molar-refractivity contribution >= 4 is 11.8 Å². The molecule has 4 N–H and O–H groups in total. The molecule has 0 unspecified atom stereocenters. The smallest absolute Gasteiger partial charge is 0.244 e. The molecule has 0 saturated heterocycles. The SMILES string of the molecule is CC(C)C[C@H](CC(=O)NO)C(=O)N[C@@H](CC(C)C)c1ncc(-c2ccccc2)[nH]1. The molecule has 1 aromatic carbocycles. The van der Waals surface area contributed by atoms with Gasteiger partial charge in [-0.3, -0.25) is 14.8 Å². The Kier molecular flexibility index (Phi) is 8.39. The Labute approximate surface area is 172 Å². The second-order valence-corrected chi connectivity index (χ2v) is 8.30. The van der Waals surface area contributed by atoms with Gasteiger partial charge >= 0.3 is 0 Å². The van der Waals surface area contributed by atoms with Crippen molar-refractivity contribution in [3.63, 3.8) is 0 Å². The molecule has 2 aromatic rings. The van der Waals surface area contributed by atoms with E-state index in [0.717, 1.165) is 11.3 Å². The van der Waals surface area contributed by atoms with E-state index in [2.05, 4.69) is 29.1 Å². The summed E-state index contributed by atoms with van der Waals surface area (Å²) < 4.78 is 0. The molecule has 1 aromatic heterocycles. The number of nitrogens with one attached hydrogen (secondary N) is 3. The fraction of sp³-hybridized carbons (Fsp3) is 0.500. The first-order valence-electron chi connectivity index (χ1n) is 10.1. The van der Waals surface area contributed by atoms with Crippen molar-refractivity contribution in [2.75, 3.05) is 0 Å². The minimum absolute atomic E-state index is 0.0532. The number of carbonyl (C=O) groups is 2. The summed E-state index contributed by atoms with van der Waals surface area (Å²) in [5.74, 6) is 0.00585. The molecular formula is C22H32N4O3. The van der Waals surface area contributed by atoms with Crippen LogP contribution in [-0.4, -0.2) is 27.0 Å². The normalized spacial score (nSPS) is 13.3. The second-order valence-electron chi connectivity index (χ2n) is 8.30. The van der Waals surface area contributed by atoms with Crippen LogP contribution in [0, 0.1) is 17.8 Å². The van der Waals surface area contributed by atoms with E-state index in [1.54, 1.807) is 11.7 Å². The number of H-pyrrole nitrogens is 1. The van der Waals surface area contributed by atoms with Gasteiger partial charge in [0.05, 0.1) is 17.9 Å². The predicted octanol–water partition coefficient (Wildman–Crippen LogP) is 3.84. The van der Waals surface area contributed by atoms with Crippen LogP contribution < -0.4 is 10.8 Å². The number of benzene rings is 1. The molecule has 0 saturated carbocycles. The van der Waals surface area contributed by atoms with E-state index in [1.807, 2.05) is 44.2 Å². The van der Waals surface area contributed by atoms with E-state index in [1.165, 1.54) is 0 Å². The molecule has 1 heterocycles. The molecule has 2 atom stereocenters. The molecule has 0 aliphatic heterocycles. The highest BCUT2D eigenvalue weighted by Gasteiger charge is 2.27. The molecule has 0 aliphatic rings. The summed E-state index contributed by atoms with van der Waals surface area (Å²) in [5.41, 5.74) is 3.54. The molecule has 0 bridgehead atoms. The molecule has 0 fully saturated rings. The van der Waals surface area contributed by atoms with Gasteiger partial charge in [0.2, 0.25) is 11.8 Å². The minimum atomic E-state index is -0.560. The number of aromatic amines is 1. The largest absolute Gasteiger partial charge is 0.346 e. The van der Waals surface area contributed by atoms with E-state index < -0.39 is 11.8 Å². The van der Waals surface area contributed by atoms with Crippen LogP contribution in [-0.2, 0) is 9.59 Å². The standard InChI is InChI=1S/C22H32N4O3/c1-14(2)10-17(12-20(27)26-29)22(28)25-18(11-15(3)4)21-23-13-19(24-21)16-8-6-5-7-9-16/h5-9,13-15,17-18,29H,10-12H2,1-4H3,(H,23,24)(H,25,28)(H,26,27)/t17-,18+/m1/s1. The number of amides is 2. The third-order valence-corrected chi connectivity index (χ3v) is 4.72. The summed E-state index contributed by atoms with van der Waals surface area (Å²) in [7, 11) is 0. The Bertz CT molecular complexity index is 786. The van der Waals surface area contributed by atoms with E-state index >= 15 is 0 Å². The van der Waals surface area contributed by atoms with E-state index in [-0.39, 0.29) is 24.3 Å². The van der Waals surface area contributed by atoms with Crippen molar-refractivity contribution < 1.29 is 14.8 Å². The van der Waals surface area contributed by atoms with Crippen LogP contribution in [0.15, 0.2) is 36.5 Å². The van der Waals surface area contributed by atoms with Crippen molar-refractivity contribution in [2.24, 2.45) is 17.8 Å². The zero-order chi connectivity index (χ0) is 21.4. The topological polar surface area (TPSA) is 107 Å². The predicted molar refractivity (Wildman–Crippen MR) is 112 cm³/mol. The van der Waals surface area contributed by atoms with Crippen molar-refractivity contribution in [1.82, 2.24) is 20.8 Å². The Morgan fingerprint density at radius 1 is 1.07 bits per heavy atom. The maximum Gasteiger partial charge on any atom is 0.244 e. The Hall–Kier alpha value is -2.67. The highest BCUT2D eigenvalue weighted by atomic mass is 16.5. The fourth-order valence-electron chi connectivity index (χ4n) is 3.40. The Morgan fingerprint density at radius 2 is 1.72 bits per heavy atom. The van der Waals surface area contributed by atoms with Crippen molar-refractivity contribution in [1.29, 1.82) is 0 Å². The molecule has 0 aliphatic carbocycles. The molecule has 29 heavy (non-hydrogen) atoms. The fourth-order valence-corrected chi connectivity index (χ4v) is 3.40. The molecule has 0 spiro atoms. The number of aromatic nitrogens is 2. The van der Waals surface area contributed by atoms with Gasteiger partial charge in [-0.1, -0.05) is 58.0 Å². The van der Waals surface area contributed by atoms with Gasteiger partial charge in [0, 0.05) is 12.3 Å². The first-order valence-corrected chi connectivity index (χ1v) is 10.1. The lowest BCUT2D eigenvalue weighted by molar-refractivity contribution is -0.135. The summed E-state index contributed by atoms with van der Waals surface area (Å²) in [6, 6.07) is 9.60. The van der Waals surface area contributed by atoms with Gasteiger partial charge < -0.3 is 10.3 Å². The van der Waals surface area contributed by atoms with Crippen LogP contribution in [0.3, 0.4) is 0 Å². The van der Waals surface area contributed by atoms with Crippen LogP contribution in [0.5, 0.6) is 0 Å². The van der Waals surface area contributed by atoms with Gasteiger partial charge in [-0.25, -0.2) is 10.5 Å². The van der Waals surface area contributed by atoms with Crippen molar-refractivity contribution in [3.8, 4) is 11.3 Å². The third-order valence-electron chi connectivity index (χ3n) is 4.72. The molecule has 2 amide bonds.